The van der Waals surface area contributed by atoms with Crippen molar-refractivity contribution in [3.63, 3.8) is 0 Å². The number of hydrogen-bond acceptors (Lipinski definition) is 6. The van der Waals surface area contributed by atoms with Crippen LogP contribution in [0.15, 0.2) is 30.5 Å². The fourth-order valence-electron chi connectivity index (χ4n) is 3.85. The first-order valence-corrected chi connectivity index (χ1v) is 10.9. The maximum Gasteiger partial charge on any atom is 0.252 e. The minimum absolute atomic E-state index is 0.120. The third-order valence-corrected chi connectivity index (χ3v) is 6.52. The highest BCUT2D eigenvalue weighted by atomic mass is 32.2. The Labute approximate surface area is 174 Å². The van der Waals surface area contributed by atoms with Crippen molar-refractivity contribution >= 4 is 40.2 Å². The Kier molecular flexibility index (Phi) is 5.58. The molecule has 2 saturated heterocycles. The first-order chi connectivity index (χ1) is 14.1. The number of anilines is 1. The van der Waals surface area contributed by atoms with Crippen molar-refractivity contribution in [2.45, 2.75) is 19.4 Å². The van der Waals surface area contributed by atoms with Gasteiger partial charge in [0.05, 0.1) is 29.6 Å². The minimum atomic E-state index is -0.420. The van der Waals surface area contributed by atoms with Gasteiger partial charge in [-0.1, -0.05) is 6.92 Å². The Hall–Kier alpha value is -2.79. The Morgan fingerprint density at radius 3 is 3.00 bits per heavy atom. The number of nitrogens with zero attached hydrogens (tertiary/aromatic N) is 4. The molecule has 1 aromatic carbocycles. The molecular formula is C21H23N5O2S. The van der Waals surface area contributed by atoms with Crippen LogP contribution in [-0.2, 0) is 4.79 Å². The third kappa shape index (κ3) is 4.01. The Balaban J connectivity index is 1.51. The second kappa shape index (κ2) is 8.29. The molecule has 4 rings (SSSR count). The van der Waals surface area contributed by atoms with Crippen molar-refractivity contribution in [1.29, 1.82) is 5.26 Å². The molecule has 3 heterocycles. The van der Waals surface area contributed by atoms with Crippen LogP contribution in [0.1, 0.15) is 23.7 Å². The van der Waals surface area contributed by atoms with E-state index in [1.807, 2.05) is 18.2 Å². The predicted octanol–water partition coefficient (Wildman–Crippen LogP) is 2.24. The van der Waals surface area contributed by atoms with Gasteiger partial charge in [0.25, 0.3) is 5.91 Å². The Morgan fingerprint density at radius 1 is 1.38 bits per heavy atom. The van der Waals surface area contributed by atoms with Gasteiger partial charge in [-0.2, -0.15) is 5.26 Å². The summed E-state index contributed by atoms with van der Waals surface area (Å²) in [7, 11) is 0. The molecule has 2 fully saturated rings. The van der Waals surface area contributed by atoms with E-state index >= 15 is 0 Å². The lowest BCUT2D eigenvalue weighted by Gasteiger charge is -2.20. The number of pyridine rings is 1. The molecule has 1 aromatic heterocycles. The zero-order chi connectivity index (χ0) is 20.4. The van der Waals surface area contributed by atoms with Gasteiger partial charge in [-0.25, -0.2) is 0 Å². The zero-order valence-corrected chi connectivity index (χ0v) is 17.1. The lowest BCUT2D eigenvalue weighted by molar-refractivity contribution is -0.129. The molecule has 7 nitrogen and oxygen atoms in total. The van der Waals surface area contributed by atoms with Crippen molar-refractivity contribution in [3.8, 4) is 6.07 Å². The Morgan fingerprint density at radius 2 is 2.24 bits per heavy atom. The summed E-state index contributed by atoms with van der Waals surface area (Å²) in [5.41, 5.74) is 2.34. The summed E-state index contributed by atoms with van der Waals surface area (Å²) in [4.78, 5) is 33.4. The minimum Gasteiger partial charge on any atom is -0.371 e. The second-order valence-corrected chi connectivity index (χ2v) is 8.59. The molecule has 0 radical (unpaired) electrons. The summed E-state index contributed by atoms with van der Waals surface area (Å²) < 4.78 is 0. The zero-order valence-electron chi connectivity index (χ0n) is 16.3. The van der Waals surface area contributed by atoms with E-state index < -0.39 is 6.04 Å². The first-order valence-electron chi connectivity index (χ1n) is 9.75. The van der Waals surface area contributed by atoms with Crippen LogP contribution in [0.5, 0.6) is 0 Å². The smallest absolute Gasteiger partial charge is 0.252 e. The van der Waals surface area contributed by atoms with E-state index in [1.165, 1.54) is 11.3 Å². The summed E-state index contributed by atoms with van der Waals surface area (Å²) in [6, 6.07) is 9.40. The van der Waals surface area contributed by atoms with Crippen LogP contribution in [0.4, 0.5) is 5.69 Å². The molecule has 0 spiro atoms. The number of carbonyl (C=O) groups is 2. The number of fused-ring (bicyclic) bond motifs is 1. The molecule has 2 aliphatic rings. The van der Waals surface area contributed by atoms with Crippen LogP contribution in [0.2, 0.25) is 0 Å². The van der Waals surface area contributed by atoms with Gasteiger partial charge in [-0.15, -0.1) is 11.8 Å². The Bertz CT molecular complexity index is 989. The lowest BCUT2D eigenvalue weighted by Crippen LogP contribution is -2.42. The number of rotatable bonds is 4. The first kappa shape index (κ1) is 19.5. The molecule has 2 atom stereocenters. The summed E-state index contributed by atoms with van der Waals surface area (Å²) in [5, 5.41) is 12.6. The molecule has 0 unspecified atom stereocenters. The number of benzene rings is 1. The molecule has 150 valence electrons. The monoisotopic (exact) mass is 409 g/mol. The number of nitriles is 1. The lowest BCUT2D eigenvalue weighted by atomic mass is 10.1. The van der Waals surface area contributed by atoms with Crippen LogP contribution in [0, 0.1) is 17.2 Å². The average molecular weight is 410 g/mol. The summed E-state index contributed by atoms with van der Waals surface area (Å²) >= 11 is 1.55. The van der Waals surface area contributed by atoms with E-state index in [1.54, 1.807) is 24.0 Å². The topological polar surface area (TPSA) is 89.3 Å². The quantitative estimate of drug-likeness (QED) is 0.833. The van der Waals surface area contributed by atoms with Crippen LogP contribution in [0.3, 0.4) is 0 Å². The van der Waals surface area contributed by atoms with E-state index in [9.17, 15) is 9.59 Å². The molecule has 2 amide bonds. The summed E-state index contributed by atoms with van der Waals surface area (Å²) in [6.07, 6.45) is 2.78. The largest absolute Gasteiger partial charge is 0.371 e. The van der Waals surface area contributed by atoms with E-state index in [0.717, 1.165) is 29.7 Å². The third-order valence-electron chi connectivity index (χ3n) is 5.51. The van der Waals surface area contributed by atoms with Gasteiger partial charge in [0.2, 0.25) is 5.91 Å². The van der Waals surface area contributed by atoms with E-state index in [4.69, 9.17) is 5.26 Å². The molecule has 0 aliphatic carbocycles. The SMILES string of the molecule is C[C@@H]1CCN(c2ccc3nccc(C(=O)NCC(=O)N4CSC[C@H]4C#N)c3c2)C1. The molecule has 0 saturated carbocycles. The average Bonchev–Trinajstić information content (AvgIpc) is 3.39. The number of thioether (sulfide) groups is 1. The number of carbonyl (C=O) groups excluding carboxylic acids is 2. The highest BCUT2D eigenvalue weighted by Crippen LogP contribution is 2.28. The standard InChI is InChI=1S/C21H23N5O2S/c1-14-5-7-25(11-14)15-2-3-19-18(8-15)17(4-6-23-19)21(28)24-10-20(27)26-13-29-12-16(26)9-22/h2-4,6,8,14,16H,5,7,10-13H2,1H3,(H,24,28)/t14-,16-/m1/s1. The fourth-order valence-corrected chi connectivity index (χ4v) is 4.95. The van der Waals surface area contributed by atoms with Crippen LogP contribution in [-0.4, -0.2) is 59.0 Å². The van der Waals surface area contributed by atoms with Crippen LogP contribution >= 0.6 is 11.8 Å². The normalized spacial score (nSPS) is 21.4. The molecule has 0 bridgehead atoms. The van der Waals surface area contributed by atoms with Gasteiger partial charge in [0.15, 0.2) is 0 Å². The highest BCUT2D eigenvalue weighted by molar-refractivity contribution is 7.99. The van der Waals surface area contributed by atoms with Gasteiger partial charge in [0.1, 0.15) is 6.04 Å². The molecule has 29 heavy (non-hydrogen) atoms. The second-order valence-electron chi connectivity index (χ2n) is 7.59. The number of hydrogen-bond donors (Lipinski definition) is 1. The maximum absolute atomic E-state index is 12.8. The highest BCUT2D eigenvalue weighted by Gasteiger charge is 2.29. The van der Waals surface area contributed by atoms with Crippen molar-refractivity contribution in [2.75, 3.05) is 36.2 Å². The number of aromatic nitrogens is 1. The van der Waals surface area contributed by atoms with Gasteiger partial charge in [-0.3, -0.25) is 14.6 Å². The number of nitrogens with one attached hydrogen (secondary N) is 1. The van der Waals surface area contributed by atoms with Crippen LogP contribution in [0.25, 0.3) is 10.9 Å². The molecule has 2 aliphatic heterocycles. The summed E-state index contributed by atoms with van der Waals surface area (Å²) in [6.45, 7) is 4.14. The number of amides is 2. The molecule has 2 aromatic rings. The van der Waals surface area contributed by atoms with Crippen molar-refractivity contribution in [2.24, 2.45) is 5.92 Å². The molecular weight excluding hydrogens is 386 g/mol. The maximum atomic E-state index is 12.8. The van der Waals surface area contributed by atoms with Gasteiger partial charge >= 0.3 is 0 Å². The van der Waals surface area contributed by atoms with Crippen molar-refractivity contribution in [3.05, 3.63) is 36.0 Å². The summed E-state index contributed by atoms with van der Waals surface area (Å²) in [5.74, 6) is 1.22. The fraction of sp³-hybridized carbons (Fsp3) is 0.429. The van der Waals surface area contributed by atoms with Crippen molar-refractivity contribution < 1.29 is 9.59 Å². The van der Waals surface area contributed by atoms with Crippen LogP contribution < -0.4 is 10.2 Å². The van der Waals surface area contributed by atoms with Crippen molar-refractivity contribution in [1.82, 2.24) is 15.2 Å². The van der Waals surface area contributed by atoms with E-state index in [0.29, 0.717) is 23.1 Å². The van der Waals surface area contributed by atoms with Gasteiger partial charge in [0, 0.05) is 36.1 Å². The van der Waals surface area contributed by atoms with Gasteiger partial charge < -0.3 is 15.1 Å². The van der Waals surface area contributed by atoms with Gasteiger partial charge in [-0.05, 0) is 36.6 Å². The van der Waals surface area contributed by atoms with E-state index in [2.05, 4.69) is 28.2 Å². The molecule has 1 N–H and O–H groups in total. The van der Waals surface area contributed by atoms with E-state index in [-0.39, 0.29) is 18.4 Å². The molecule has 8 heteroatoms. The predicted molar refractivity (Wildman–Crippen MR) is 114 cm³/mol.